The van der Waals surface area contributed by atoms with Crippen LogP contribution in [-0.4, -0.2) is 66.3 Å². The monoisotopic (exact) mass is 284 g/mol. The SMILES string of the molecule is CN(C(=O)N1CCCC(CCC(=O)O)C1)C1CCOC1. The first kappa shape index (κ1) is 15.1. The van der Waals surface area contributed by atoms with E-state index in [0.717, 1.165) is 32.4 Å². The van der Waals surface area contributed by atoms with E-state index in [0.29, 0.717) is 25.5 Å². The van der Waals surface area contributed by atoms with E-state index >= 15 is 0 Å². The van der Waals surface area contributed by atoms with Crippen LogP contribution < -0.4 is 0 Å². The first-order valence-corrected chi connectivity index (χ1v) is 7.39. The summed E-state index contributed by atoms with van der Waals surface area (Å²) >= 11 is 0. The Hall–Kier alpha value is -1.30. The first-order chi connectivity index (χ1) is 9.58. The number of carbonyl (C=O) groups excluding carboxylic acids is 1. The fourth-order valence-corrected chi connectivity index (χ4v) is 3.01. The number of carboxylic acids is 1. The third-order valence-corrected chi connectivity index (χ3v) is 4.31. The molecule has 0 aromatic heterocycles. The molecule has 0 radical (unpaired) electrons. The molecule has 0 aromatic carbocycles. The van der Waals surface area contributed by atoms with Gasteiger partial charge in [-0.25, -0.2) is 4.79 Å². The zero-order valence-electron chi connectivity index (χ0n) is 12.1. The number of nitrogens with zero attached hydrogens (tertiary/aromatic N) is 2. The molecular weight excluding hydrogens is 260 g/mol. The van der Waals surface area contributed by atoms with Crippen molar-refractivity contribution in [2.24, 2.45) is 5.92 Å². The normalized spacial score (nSPS) is 26.6. The maximum atomic E-state index is 12.4. The summed E-state index contributed by atoms with van der Waals surface area (Å²) < 4.78 is 5.32. The molecule has 2 saturated heterocycles. The molecule has 2 aliphatic heterocycles. The third kappa shape index (κ3) is 3.85. The fourth-order valence-electron chi connectivity index (χ4n) is 3.01. The number of amides is 2. The number of ether oxygens (including phenoxy) is 1. The van der Waals surface area contributed by atoms with Crippen molar-refractivity contribution in [1.29, 1.82) is 0 Å². The summed E-state index contributed by atoms with van der Waals surface area (Å²) in [6.07, 6.45) is 3.74. The Balaban J connectivity index is 1.84. The quantitative estimate of drug-likeness (QED) is 0.847. The molecular formula is C14H24N2O4. The van der Waals surface area contributed by atoms with Crippen LogP contribution in [0.5, 0.6) is 0 Å². The molecule has 114 valence electrons. The van der Waals surface area contributed by atoms with Gasteiger partial charge in [0.25, 0.3) is 0 Å². The molecule has 0 spiro atoms. The van der Waals surface area contributed by atoms with Gasteiger partial charge in [-0.2, -0.15) is 0 Å². The smallest absolute Gasteiger partial charge is 0.320 e. The van der Waals surface area contributed by atoms with Gasteiger partial charge in [-0.05, 0) is 31.6 Å². The number of urea groups is 1. The highest BCUT2D eigenvalue weighted by Crippen LogP contribution is 2.23. The first-order valence-electron chi connectivity index (χ1n) is 7.39. The lowest BCUT2D eigenvalue weighted by atomic mass is 9.93. The highest BCUT2D eigenvalue weighted by molar-refractivity contribution is 5.74. The number of aliphatic carboxylic acids is 1. The van der Waals surface area contributed by atoms with Crippen molar-refractivity contribution in [3.05, 3.63) is 0 Å². The Morgan fingerprint density at radius 3 is 2.85 bits per heavy atom. The minimum absolute atomic E-state index is 0.0560. The number of carboxylic acid groups (broad SMARTS) is 1. The maximum Gasteiger partial charge on any atom is 0.320 e. The van der Waals surface area contributed by atoms with Crippen LogP contribution in [0.2, 0.25) is 0 Å². The molecule has 2 atom stereocenters. The summed E-state index contributed by atoms with van der Waals surface area (Å²) in [6, 6.07) is 0.238. The van der Waals surface area contributed by atoms with Gasteiger partial charge in [0.2, 0.25) is 0 Å². The van der Waals surface area contributed by atoms with Crippen molar-refractivity contribution in [3.63, 3.8) is 0 Å². The highest BCUT2D eigenvalue weighted by atomic mass is 16.5. The Labute approximate surface area is 119 Å². The second kappa shape index (κ2) is 6.92. The topological polar surface area (TPSA) is 70.1 Å². The predicted molar refractivity (Wildman–Crippen MR) is 73.5 cm³/mol. The van der Waals surface area contributed by atoms with Gasteiger partial charge in [0, 0.05) is 33.2 Å². The molecule has 2 heterocycles. The summed E-state index contributed by atoms with van der Waals surface area (Å²) in [4.78, 5) is 26.7. The van der Waals surface area contributed by atoms with Crippen LogP contribution in [0.15, 0.2) is 0 Å². The molecule has 6 nitrogen and oxygen atoms in total. The standard InChI is InChI=1S/C14H24N2O4/c1-15(12-6-8-20-10-12)14(19)16-7-2-3-11(9-16)4-5-13(17)18/h11-12H,2-10H2,1H3,(H,17,18). The highest BCUT2D eigenvalue weighted by Gasteiger charge is 2.30. The zero-order valence-corrected chi connectivity index (χ0v) is 12.1. The van der Waals surface area contributed by atoms with Gasteiger partial charge in [-0.3, -0.25) is 4.79 Å². The largest absolute Gasteiger partial charge is 0.481 e. The summed E-state index contributed by atoms with van der Waals surface area (Å²) in [6.45, 7) is 2.81. The van der Waals surface area contributed by atoms with E-state index in [1.807, 2.05) is 11.9 Å². The molecule has 0 bridgehead atoms. The fraction of sp³-hybridized carbons (Fsp3) is 0.857. The lowest BCUT2D eigenvalue weighted by Gasteiger charge is -2.36. The summed E-state index contributed by atoms with van der Waals surface area (Å²) in [5.74, 6) is -0.439. The average Bonchev–Trinajstić information content (AvgIpc) is 2.98. The molecule has 0 aromatic rings. The van der Waals surface area contributed by atoms with Gasteiger partial charge in [-0.15, -0.1) is 0 Å². The molecule has 0 aliphatic carbocycles. The van der Waals surface area contributed by atoms with Crippen LogP contribution in [0.4, 0.5) is 4.79 Å². The van der Waals surface area contributed by atoms with E-state index in [4.69, 9.17) is 9.84 Å². The Morgan fingerprint density at radius 2 is 2.20 bits per heavy atom. The molecule has 20 heavy (non-hydrogen) atoms. The van der Waals surface area contributed by atoms with Crippen LogP contribution in [0.25, 0.3) is 0 Å². The van der Waals surface area contributed by atoms with E-state index in [2.05, 4.69) is 0 Å². The summed E-state index contributed by atoms with van der Waals surface area (Å²) in [5.41, 5.74) is 0. The average molecular weight is 284 g/mol. The lowest BCUT2D eigenvalue weighted by Crippen LogP contribution is -2.49. The molecule has 1 N–H and O–H groups in total. The number of hydrogen-bond donors (Lipinski definition) is 1. The van der Waals surface area contributed by atoms with E-state index < -0.39 is 5.97 Å². The summed E-state index contributed by atoms with van der Waals surface area (Å²) in [5, 5.41) is 8.75. The number of piperidine rings is 1. The molecule has 2 rings (SSSR count). The van der Waals surface area contributed by atoms with Crippen LogP contribution in [-0.2, 0) is 9.53 Å². The zero-order chi connectivity index (χ0) is 14.5. The molecule has 2 aliphatic rings. The van der Waals surface area contributed by atoms with E-state index in [1.165, 1.54) is 0 Å². The van der Waals surface area contributed by atoms with Crippen molar-refractivity contribution >= 4 is 12.0 Å². The number of likely N-dealkylation sites (tertiary alicyclic amines) is 1. The third-order valence-electron chi connectivity index (χ3n) is 4.31. The van der Waals surface area contributed by atoms with Crippen molar-refractivity contribution in [3.8, 4) is 0 Å². The second-order valence-electron chi connectivity index (χ2n) is 5.80. The maximum absolute atomic E-state index is 12.4. The predicted octanol–water partition coefficient (Wildman–Crippen LogP) is 1.40. The molecule has 0 saturated carbocycles. The van der Waals surface area contributed by atoms with Crippen LogP contribution in [0.1, 0.15) is 32.1 Å². The molecule has 6 heteroatoms. The van der Waals surface area contributed by atoms with Crippen molar-refractivity contribution in [1.82, 2.24) is 9.80 Å². The van der Waals surface area contributed by atoms with E-state index in [-0.39, 0.29) is 18.5 Å². The summed E-state index contributed by atoms with van der Waals surface area (Å²) in [7, 11) is 1.84. The number of carbonyl (C=O) groups is 2. The Morgan fingerprint density at radius 1 is 1.40 bits per heavy atom. The molecule has 2 amide bonds. The van der Waals surface area contributed by atoms with Crippen LogP contribution in [0, 0.1) is 5.92 Å². The van der Waals surface area contributed by atoms with Gasteiger partial charge in [-0.1, -0.05) is 0 Å². The van der Waals surface area contributed by atoms with Crippen molar-refractivity contribution in [2.45, 2.75) is 38.1 Å². The Kier molecular flexibility index (Phi) is 5.23. The van der Waals surface area contributed by atoms with E-state index in [1.54, 1.807) is 4.90 Å². The van der Waals surface area contributed by atoms with Crippen molar-refractivity contribution < 1.29 is 19.4 Å². The molecule has 2 unspecified atom stereocenters. The van der Waals surface area contributed by atoms with Gasteiger partial charge in [0.15, 0.2) is 0 Å². The second-order valence-corrected chi connectivity index (χ2v) is 5.80. The number of likely N-dealkylation sites (N-methyl/N-ethyl adjacent to an activating group) is 1. The minimum atomic E-state index is -0.756. The van der Waals surface area contributed by atoms with E-state index in [9.17, 15) is 9.59 Å². The van der Waals surface area contributed by atoms with Gasteiger partial charge in [0.1, 0.15) is 0 Å². The minimum Gasteiger partial charge on any atom is -0.481 e. The number of hydrogen-bond acceptors (Lipinski definition) is 3. The van der Waals surface area contributed by atoms with Crippen molar-refractivity contribution in [2.75, 3.05) is 33.4 Å². The van der Waals surface area contributed by atoms with Gasteiger partial charge >= 0.3 is 12.0 Å². The Bertz CT molecular complexity index is 355. The van der Waals surface area contributed by atoms with Crippen LogP contribution in [0.3, 0.4) is 0 Å². The lowest BCUT2D eigenvalue weighted by molar-refractivity contribution is -0.137. The van der Waals surface area contributed by atoms with Crippen LogP contribution >= 0.6 is 0 Å². The van der Waals surface area contributed by atoms with Gasteiger partial charge < -0.3 is 19.6 Å². The molecule has 2 fully saturated rings. The van der Waals surface area contributed by atoms with Gasteiger partial charge in [0.05, 0.1) is 12.6 Å². The number of rotatable bonds is 4.